The van der Waals surface area contributed by atoms with Gasteiger partial charge in [-0.05, 0) is 24.3 Å². The van der Waals surface area contributed by atoms with E-state index in [2.05, 4.69) is 4.98 Å². The quantitative estimate of drug-likeness (QED) is 0.704. The Hall–Kier alpha value is -2.76. The summed E-state index contributed by atoms with van der Waals surface area (Å²) in [5.74, 6) is -0.865. The van der Waals surface area contributed by atoms with Gasteiger partial charge in [-0.15, -0.1) is 0 Å². The number of anilines is 3. The predicted octanol–water partition coefficient (Wildman–Crippen LogP) is 2.61. The first kappa shape index (κ1) is 12.3. The second-order valence-electron chi connectivity index (χ2n) is 4.46. The average Bonchev–Trinajstić information content (AvgIpc) is 2.76. The molecule has 1 aromatic heterocycles. The van der Waals surface area contributed by atoms with Crippen LogP contribution in [0.2, 0.25) is 0 Å². The van der Waals surface area contributed by atoms with Gasteiger partial charge in [0.15, 0.2) is 5.58 Å². The third kappa shape index (κ3) is 2.01. The Labute approximate surface area is 113 Å². The molecule has 0 atom stereocenters. The molecule has 0 aliphatic carbocycles. The summed E-state index contributed by atoms with van der Waals surface area (Å²) in [7, 11) is 1.77. The smallest absolute Gasteiger partial charge is 0.408 e. The SMILES string of the molecule is CN(c1cccc(F)c1)c1cc2[nH]c(=O)oc2cc1N. The zero-order valence-electron chi connectivity index (χ0n) is 10.7. The lowest BCUT2D eigenvalue weighted by molar-refractivity contribution is 0.555. The normalized spacial score (nSPS) is 10.9. The number of nitrogens with zero attached hydrogens (tertiary/aromatic N) is 1. The molecule has 1 heterocycles. The number of halogens is 1. The Morgan fingerprint density at radius 1 is 1.30 bits per heavy atom. The number of nitrogen functional groups attached to an aromatic ring is 1. The van der Waals surface area contributed by atoms with E-state index in [0.717, 1.165) is 0 Å². The van der Waals surface area contributed by atoms with Gasteiger partial charge in [0.1, 0.15) is 5.82 Å². The minimum absolute atomic E-state index is 0.328. The lowest BCUT2D eigenvalue weighted by atomic mass is 10.2. The Morgan fingerprint density at radius 3 is 2.85 bits per heavy atom. The average molecular weight is 273 g/mol. The van der Waals surface area contributed by atoms with E-state index in [4.69, 9.17) is 10.2 Å². The Balaban J connectivity index is 2.13. The Kier molecular flexibility index (Phi) is 2.71. The van der Waals surface area contributed by atoms with Crippen LogP contribution in [0.3, 0.4) is 0 Å². The van der Waals surface area contributed by atoms with Crippen LogP contribution in [0.15, 0.2) is 45.6 Å². The van der Waals surface area contributed by atoms with Crippen LogP contribution in [0, 0.1) is 5.82 Å². The molecule has 5 nitrogen and oxygen atoms in total. The minimum atomic E-state index is -0.537. The molecule has 102 valence electrons. The summed E-state index contributed by atoms with van der Waals surface area (Å²) in [6, 6.07) is 9.43. The lowest BCUT2D eigenvalue weighted by Crippen LogP contribution is -2.11. The van der Waals surface area contributed by atoms with E-state index < -0.39 is 5.76 Å². The van der Waals surface area contributed by atoms with Gasteiger partial charge in [0.25, 0.3) is 0 Å². The van der Waals surface area contributed by atoms with Crippen LogP contribution in [-0.4, -0.2) is 12.0 Å². The fourth-order valence-electron chi connectivity index (χ4n) is 2.12. The van der Waals surface area contributed by atoms with Gasteiger partial charge in [-0.25, -0.2) is 9.18 Å². The van der Waals surface area contributed by atoms with Gasteiger partial charge in [0.05, 0.1) is 16.9 Å². The van der Waals surface area contributed by atoms with Crippen molar-refractivity contribution >= 4 is 28.2 Å². The summed E-state index contributed by atoms with van der Waals surface area (Å²) in [5, 5.41) is 0. The number of oxazole rings is 1. The van der Waals surface area contributed by atoms with Crippen LogP contribution in [-0.2, 0) is 0 Å². The number of hydrogen-bond acceptors (Lipinski definition) is 4. The van der Waals surface area contributed by atoms with Gasteiger partial charge in [0, 0.05) is 18.8 Å². The number of fused-ring (bicyclic) bond motifs is 1. The molecule has 0 aliphatic rings. The number of H-pyrrole nitrogens is 1. The van der Waals surface area contributed by atoms with Gasteiger partial charge in [-0.1, -0.05) is 6.07 Å². The second kappa shape index (κ2) is 4.41. The molecule has 3 rings (SSSR count). The highest BCUT2D eigenvalue weighted by Crippen LogP contribution is 2.32. The maximum Gasteiger partial charge on any atom is 0.417 e. The van der Waals surface area contributed by atoms with Gasteiger partial charge in [-0.2, -0.15) is 0 Å². The molecule has 6 heteroatoms. The molecule has 0 amide bonds. The highest BCUT2D eigenvalue weighted by Gasteiger charge is 2.12. The highest BCUT2D eigenvalue weighted by atomic mass is 19.1. The molecule has 0 radical (unpaired) electrons. The first-order valence-electron chi connectivity index (χ1n) is 5.96. The summed E-state index contributed by atoms with van der Waals surface area (Å²) < 4.78 is 18.2. The first-order chi connectivity index (χ1) is 9.54. The number of aromatic amines is 1. The zero-order valence-corrected chi connectivity index (χ0v) is 10.7. The summed E-state index contributed by atoms with van der Waals surface area (Å²) >= 11 is 0. The molecule has 0 saturated carbocycles. The Bertz CT molecular complexity index is 838. The number of nitrogens with one attached hydrogen (secondary N) is 1. The van der Waals surface area contributed by atoms with E-state index >= 15 is 0 Å². The standard InChI is InChI=1S/C14H12FN3O2/c1-18(9-4-2-3-8(15)5-9)12-7-11-13(6-10(12)16)20-14(19)17-11/h2-7H,16H2,1H3,(H,17,19). The van der Waals surface area contributed by atoms with Gasteiger partial charge in [-0.3, -0.25) is 4.98 Å². The van der Waals surface area contributed by atoms with Crippen molar-refractivity contribution in [2.24, 2.45) is 0 Å². The monoisotopic (exact) mass is 273 g/mol. The summed E-state index contributed by atoms with van der Waals surface area (Å²) in [5.41, 5.74) is 8.64. The van der Waals surface area contributed by atoms with Crippen LogP contribution in [0.4, 0.5) is 21.5 Å². The van der Waals surface area contributed by atoms with E-state index in [9.17, 15) is 9.18 Å². The van der Waals surface area contributed by atoms with Crippen LogP contribution in [0.5, 0.6) is 0 Å². The molecule has 3 aromatic rings. The third-order valence-corrected chi connectivity index (χ3v) is 3.13. The minimum Gasteiger partial charge on any atom is -0.408 e. The number of hydrogen-bond donors (Lipinski definition) is 2. The number of nitrogens with two attached hydrogens (primary N) is 1. The fraction of sp³-hybridized carbons (Fsp3) is 0.0714. The van der Waals surface area contributed by atoms with Gasteiger partial charge < -0.3 is 15.1 Å². The third-order valence-electron chi connectivity index (χ3n) is 3.13. The van der Waals surface area contributed by atoms with Crippen molar-refractivity contribution in [1.29, 1.82) is 0 Å². The maximum atomic E-state index is 13.3. The Morgan fingerprint density at radius 2 is 2.10 bits per heavy atom. The molecule has 20 heavy (non-hydrogen) atoms. The predicted molar refractivity (Wildman–Crippen MR) is 75.7 cm³/mol. The van der Waals surface area contributed by atoms with Crippen molar-refractivity contribution in [2.75, 3.05) is 17.7 Å². The topological polar surface area (TPSA) is 75.3 Å². The van der Waals surface area contributed by atoms with Crippen molar-refractivity contribution in [1.82, 2.24) is 4.98 Å². The summed E-state index contributed by atoms with van der Waals surface area (Å²) in [6.45, 7) is 0. The second-order valence-corrected chi connectivity index (χ2v) is 4.46. The lowest BCUT2D eigenvalue weighted by Gasteiger charge is -2.21. The molecule has 0 fully saturated rings. The summed E-state index contributed by atoms with van der Waals surface area (Å²) in [6.07, 6.45) is 0. The molecule has 2 aromatic carbocycles. The molecule has 0 spiro atoms. The fourth-order valence-corrected chi connectivity index (χ4v) is 2.12. The van der Waals surface area contributed by atoms with E-state index in [1.54, 1.807) is 36.2 Å². The van der Waals surface area contributed by atoms with E-state index in [1.165, 1.54) is 12.1 Å². The van der Waals surface area contributed by atoms with Crippen LogP contribution >= 0.6 is 0 Å². The van der Waals surface area contributed by atoms with Crippen LogP contribution in [0.25, 0.3) is 11.1 Å². The molecule has 0 unspecified atom stereocenters. The van der Waals surface area contributed by atoms with Gasteiger partial charge in [0.2, 0.25) is 0 Å². The number of rotatable bonds is 2. The number of aromatic nitrogens is 1. The van der Waals surface area contributed by atoms with Crippen molar-refractivity contribution in [3.05, 3.63) is 52.8 Å². The molecule has 0 aliphatic heterocycles. The first-order valence-corrected chi connectivity index (χ1v) is 5.96. The highest BCUT2D eigenvalue weighted by molar-refractivity contribution is 5.87. The van der Waals surface area contributed by atoms with Gasteiger partial charge >= 0.3 is 5.76 Å². The molecule has 0 bridgehead atoms. The maximum absolute atomic E-state index is 13.3. The van der Waals surface area contributed by atoms with Crippen molar-refractivity contribution in [3.8, 4) is 0 Å². The molecular weight excluding hydrogens is 261 g/mol. The molecule has 0 saturated heterocycles. The van der Waals surface area contributed by atoms with E-state index in [-0.39, 0.29) is 5.82 Å². The number of benzene rings is 2. The van der Waals surface area contributed by atoms with Crippen molar-refractivity contribution in [2.45, 2.75) is 0 Å². The molecule has 3 N–H and O–H groups in total. The summed E-state index contributed by atoms with van der Waals surface area (Å²) in [4.78, 5) is 15.5. The molecular formula is C14H12FN3O2. The van der Waals surface area contributed by atoms with E-state index in [1.807, 2.05) is 0 Å². The van der Waals surface area contributed by atoms with Crippen LogP contribution in [0.1, 0.15) is 0 Å². The van der Waals surface area contributed by atoms with Crippen LogP contribution < -0.4 is 16.4 Å². The van der Waals surface area contributed by atoms with E-state index in [0.29, 0.717) is 28.2 Å². The largest absolute Gasteiger partial charge is 0.417 e. The zero-order chi connectivity index (χ0) is 14.3. The van der Waals surface area contributed by atoms with Crippen molar-refractivity contribution < 1.29 is 8.81 Å². The van der Waals surface area contributed by atoms with Crippen molar-refractivity contribution in [3.63, 3.8) is 0 Å².